The molecule has 2 unspecified atom stereocenters. The third kappa shape index (κ3) is 2.53. The van der Waals surface area contributed by atoms with E-state index < -0.39 is 0 Å². The van der Waals surface area contributed by atoms with Crippen LogP contribution in [0.25, 0.3) is 10.9 Å². The molecule has 3 N–H and O–H groups in total. The molecule has 18 heavy (non-hydrogen) atoms. The Labute approximate surface area is 108 Å². The lowest BCUT2D eigenvalue weighted by atomic mass is 10.0. The van der Waals surface area contributed by atoms with Gasteiger partial charge in [-0.2, -0.15) is 0 Å². The van der Waals surface area contributed by atoms with Crippen molar-refractivity contribution < 1.29 is 0 Å². The Morgan fingerprint density at radius 2 is 2.06 bits per heavy atom. The Kier molecular flexibility index (Phi) is 3.65. The first-order valence-electron chi connectivity index (χ1n) is 6.38. The van der Waals surface area contributed by atoms with Gasteiger partial charge in [0.1, 0.15) is 12.1 Å². The van der Waals surface area contributed by atoms with Crippen molar-refractivity contribution >= 4 is 22.4 Å². The number of benzene rings is 1. The number of hydrogen-bond acceptors (Lipinski definition) is 4. The van der Waals surface area contributed by atoms with Crippen molar-refractivity contribution in [2.24, 2.45) is 5.92 Å². The van der Waals surface area contributed by atoms with Crippen molar-refractivity contribution in [3.8, 4) is 0 Å². The van der Waals surface area contributed by atoms with Gasteiger partial charge in [0.15, 0.2) is 0 Å². The first-order chi connectivity index (χ1) is 8.61. The lowest BCUT2D eigenvalue weighted by Gasteiger charge is -2.21. The monoisotopic (exact) mass is 244 g/mol. The van der Waals surface area contributed by atoms with E-state index in [0.29, 0.717) is 12.0 Å². The number of hydrogen-bond donors (Lipinski definition) is 2. The highest BCUT2D eigenvalue weighted by Gasteiger charge is 2.12. The van der Waals surface area contributed by atoms with Crippen molar-refractivity contribution in [2.45, 2.75) is 33.2 Å². The average molecular weight is 244 g/mol. The molecular weight excluding hydrogens is 224 g/mol. The maximum atomic E-state index is 5.76. The summed E-state index contributed by atoms with van der Waals surface area (Å²) in [6.45, 7) is 6.61. The third-order valence-electron chi connectivity index (χ3n) is 3.52. The fourth-order valence-electron chi connectivity index (χ4n) is 1.90. The predicted molar refractivity (Wildman–Crippen MR) is 76.5 cm³/mol. The molecule has 2 rings (SSSR count). The lowest BCUT2D eigenvalue weighted by Crippen LogP contribution is -2.23. The molecule has 2 aromatic rings. The van der Waals surface area contributed by atoms with Gasteiger partial charge in [0, 0.05) is 17.1 Å². The quantitative estimate of drug-likeness (QED) is 0.811. The normalized spacial score (nSPS) is 14.4. The van der Waals surface area contributed by atoms with Crippen molar-refractivity contribution in [1.29, 1.82) is 0 Å². The summed E-state index contributed by atoms with van der Waals surface area (Å²) >= 11 is 0. The van der Waals surface area contributed by atoms with Crippen LogP contribution >= 0.6 is 0 Å². The van der Waals surface area contributed by atoms with E-state index in [-0.39, 0.29) is 0 Å². The number of nitrogen functional groups attached to an aromatic ring is 1. The zero-order valence-electron chi connectivity index (χ0n) is 11.1. The topological polar surface area (TPSA) is 63.8 Å². The highest BCUT2D eigenvalue weighted by Crippen LogP contribution is 2.23. The second kappa shape index (κ2) is 5.21. The molecule has 0 radical (unpaired) electrons. The van der Waals surface area contributed by atoms with E-state index >= 15 is 0 Å². The van der Waals surface area contributed by atoms with Crippen LogP contribution in [0.2, 0.25) is 0 Å². The number of nitrogens with zero attached hydrogens (tertiary/aromatic N) is 2. The van der Waals surface area contributed by atoms with E-state index in [1.165, 1.54) is 0 Å². The molecule has 4 heteroatoms. The second-order valence-corrected chi connectivity index (χ2v) is 4.82. The molecular formula is C14H20N4. The van der Waals surface area contributed by atoms with Gasteiger partial charge < -0.3 is 11.1 Å². The Hall–Kier alpha value is -1.84. The van der Waals surface area contributed by atoms with E-state index in [0.717, 1.165) is 28.8 Å². The van der Waals surface area contributed by atoms with Gasteiger partial charge in [-0.1, -0.05) is 20.3 Å². The van der Waals surface area contributed by atoms with E-state index in [2.05, 4.69) is 36.1 Å². The average Bonchev–Trinajstić information content (AvgIpc) is 2.37. The number of rotatable bonds is 4. The Morgan fingerprint density at radius 3 is 2.78 bits per heavy atom. The van der Waals surface area contributed by atoms with Crippen LogP contribution < -0.4 is 11.1 Å². The smallest absolute Gasteiger partial charge is 0.137 e. The molecule has 0 aliphatic heterocycles. The van der Waals surface area contributed by atoms with E-state index in [1.54, 1.807) is 6.33 Å². The van der Waals surface area contributed by atoms with Gasteiger partial charge in [0.05, 0.1) is 5.52 Å². The molecule has 96 valence electrons. The number of nitrogens with two attached hydrogens (primary N) is 1. The van der Waals surface area contributed by atoms with Crippen LogP contribution in [-0.2, 0) is 0 Å². The lowest BCUT2D eigenvalue weighted by molar-refractivity contribution is 0.494. The van der Waals surface area contributed by atoms with Crippen molar-refractivity contribution in [3.63, 3.8) is 0 Å². The SMILES string of the molecule is CCC(C)C(C)Nc1ncnc2cc(N)ccc12. The second-order valence-electron chi connectivity index (χ2n) is 4.82. The first kappa shape index (κ1) is 12.6. The minimum absolute atomic E-state index is 0.380. The summed E-state index contributed by atoms with van der Waals surface area (Å²) < 4.78 is 0. The zero-order valence-corrected chi connectivity index (χ0v) is 11.1. The zero-order chi connectivity index (χ0) is 13.1. The maximum absolute atomic E-state index is 5.76. The molecule has 0 saturated carbocycles. The summed E-state index contributed by atoms with van der Waals surface area (Å²) in [5.74, 6) is 1.48. The van der Waals surface area contributed by atoms with E-state index in [9.17, 15) is 0 Å². The van der Waals surface area contributed by atoms with Crippen LogP contribution in [0.5, 0.6) is 0 Å². The molecule has 0 aliphatic carbocycles. The summed E-state index contributed by atoms with van der Waals surface area (Å²) in [7, 11) is 0. The summed E-state index contributed by atoms with van der Waals surface area (Å²) in [6.07, 6.45) is 2.72. The molecule has 0 bridgehead atoms. The summed E-state index contributed by atoms with van der Waals surface area (Å²) in [5.41, 5.74) is 7.37. The van der Waals surface area contributed by atoms with Crippen LogP contribution in [0.15, 0.2) is 24.5 Å². The fraction of sp³-hybridized carbons (Fsp3) is 0.429. The number of fused-ring (bicyclic) bond motifs is 1. The van der Waals surface area contributed by atoms with Gasteiger partial charge in [-0.15, -0.1) is 0 Å². The largest absolute Gasteiger partial charge is 0.399 e. The van der Waals surface area contributed by atoms with Gasteiger partial charge in [0.2, 0.25) is 0 Å². The fourth-order valence-corrected chi connectivity index (χ4v) is 1.90. The van der Waals surface area contributed by atoms with Crippen molar-refractivity contribution in [1.82, 2.24) is 9.97 Å². The highest BCUT2D eigenvalue weighted by molar-refractivity contribution is 5.90. The van der Waals surface area contributed by atoms with Gasteiger partial charge >= 0.3 is 0 Å². The molecule has 4 nitrogen and oxygen atoms in total. The van der Waals surface area contributed by atoms with Gasteiger partial charge in [-0.3, -0.25) is 0 Å². The maximum Gasteiger partial charge on any atom is 0.137 e. The van der Waals surface area contributed by atoms with Crippen LogP contribution in [0.1, 0.15) is 27.2 Å². The third-order valence-corrected chi connectivity index (χ3v) is 3.52. The van der Waals surface area contributed by atoms with Crippen LogP contribution in [0.4, 0.5) is 11.5 Å². The van der Waals surface area contributed by atoms with Crippen molar-refractivity contribution in [2.75, 3.05) is 11.1 Å². The number of nitrogens with one attached hydrogen (secondary N) is 1. The molecule has 0 spiro atoms. The summed E-state index contributed by atoms with van der Waals surface area (Å²) in [5, 5.41) is 4.48. The first-order valence-corrected chi connectivity index (χ1v) is 6.38. The molecule has 1 aromatic carbocycles. The molecule has 2 atom stereocenters. The van der Waals surface area contributed by atoms with E-state index in [4.69, 9.17) is 5.73 Å². The van der Waals surface area contributed by atoms with Crippen LogP contribution in [-0.4, -0.2) is 16.0 Å². The predicted octanol–water partition coefficient (Wildman–Crippen LogP) is 3.06. The minimum atomic E-state index is 0.380. The molecule has 1 aromatic heterocycles. The number of aromatic nitrogens is 2. The Balaban J connectivity index is 2.33. The van der Waals surface area contributed by atoms with Crippen LogP contribution in [0, 0.1) is 5.92 Å². The molecule has 0 saturated heterocycles. The van der Waals surface area contributed by atoms with Gasteiger partial charge in [-0.05, 0) is 31.0 Å². The molecule has 1 heterocycles. The van der Waals surface area contributed by atoms with Gasteiger partial charge in [0.25, 0.3) is 0 Å². The summed E-state index contributed by atoms with van der Waals surface area (Å²) in [6, 6.07) is 6.10. The van der Waals surface area contributed by atoms with E-state index in [1.807, 2.05) is 18.2 Å². The molecule has 0 aliphatic rings. The number of anilines is 2. The van der Waals surface area contributed by atoms with Crippen molar-refractivity contribution in [3.05, 3.63) is 24.5 Å². The Morgan fingerprint density at radius 1 is 1.28 bits per heavy atom. The standard InChI is InChI=1S/C14H20N4/c1-4-9(2)10(3)18-14-12-6-5-11(15)7-13(12)16-8-17-14/h5-10H,4,15H2,1-3H3,(H,16,17,18). The minimum Gasteiger partial charge on any atom is -0.399 e. The molecule has 0 amide bonds. The Bertz CT molecular complexity index is 538. The summed E-state index contributed by atoms with van der Waals surface area (Å²) in [4.78, 5) is 8.57. The highest BCUT2D eigenvalue weighted by atomic mass is 15.0. The molecule has 0 fully saturated rings. The van der Waals surface area contributed by atoms with Crippen LogP contribution in [0.3, 0.4) is 0 Å². The van der Waals surface area contributed by atoms with Gasteiger partial charge in [-0.25, -0.2) is 9.97 Å².